The number of amides is 1. The molecule has 1 aliphatic rings. The van der Waals surface area contributed by atoms with Crippen molar-refractivity contribution in [2.45, 2.75) is 12.8 Å². The molecule has 0 atom stereocenters. The zero-order chi connectivity index (χ0) is 23.4. The van der Waals surface area contributed by atoms with E-state index in [4.69, 9.17) is 51.4 Å². The molecular weight excluding hydrogens is 501 g/mol. The maximum atomic E-state index is 12.4. The Morgan fingerprint density at radius 2 is 1.73 bits per heavy atom. The molecule has 1 saturated heterocycles. The summed E-state index contributed by atoms with van der Waals surface area (Å²) in [6.07, 6.45) is 5.13. The van der Waals surface area contributed by atoms with E-state index in [1.165, 1.54) is 6.08 Å². The Kier molecular flexibility index (Phi) is 7.60. The molecule has 0 spiro atoms. The highest BCUT2D eigenvalue weighted by Crippen LogP contribution is 2.36. The first-order chi connectivity index (χ1) is 15.9. The number of benzene rings is 2. The summed E-state index contributed by atoms with van der Waals surface area (Å²) in [5.74, 6) is 0.646. The van der Waals surface area contributed by atoms with Crippen LogP contribution in [0.15, 0.2) is 59.0 Å². The van der Waals surface area contributed by atoms with E-state index >= 15 is 0 Å². The van der Waals surface area contributed by atoms with Crippen molar-refractivity contribution in [2.24, 2.45) is 0 Å². The monoisotopic (exact) mass is 519 g/mol. The minimum absolute atomic E-state index is 0.179. The van der Waals surface area contributed by atoms with E-state index in [2.05, 4.69) is 15.5 Å². The molecule has 9 heteroatoms. The number of anilines is 2. The molecule has 1 amide bonds. The Morgan fingerprint density at radius 1 is 1.00 bits per heavy atom. The summed E-state index contributed by atoms with van der Waals surface area (Å²) in [6.45, 7) is 1.87. The number of hydrogen-bond donors (Lipinski definition) is 2. The first-order valence-corrected chi connectivity index (χ1v) is 11.8. The highest BCUT2D eigenvalue weighted by molar-refractivity contribution is 7.80. The molecule has 0 unspecified atom stereocenters. The first kappa shape index (κ1) is 23.6. The average Bonchev–Trinajstić information content (AvgIpc) is 3.47. The van der Waals surface area contributed by atoms with E-state index in [0.717, 1.165) is 37.3 Å². The van der Waals surface area contributed by atoms with Crippen LogP contribution >= 0.6 is 47.0 Å². The molecule has 1 aliphatic heterocycles. The number of para-hydroxylation sites is 1. The van der Waals surface area contributed by atoms with Crippen molar-refractivity contribution in [3.8, 4) is 11.3 Å². The first-order valence-electron chi connectivity index (χ1n) is 10.3. The lowest BCUT2D eigenvalue weighted by molar-refractivity contribution is -0.115. The second kappa shape index (κ2) is 10.6. The van der Waals surface area contributed by atoms with E-state index in [-0.39, 0.29) is 5.11 Å². The smallest absolute Gasteiger partial charge is 0.250 e. The van der Waals surface area contributed by atoms with Crippen molar-refractivity contribution >= 4 is 75.5 Å². The molecule has 170 valence electrons. The number of thiocarbonyl (C=S) groups is 1. The third kappa shape index (κ3) is 5.71. The molecule has 0 radical (unpaired) electrons. The lowest BCUT2D eigenvalue weighted by Gasteiger charge is -2.23. The molecule has 2 aromatic carbocycles. The fourth-order valence-electron chi connectivity index (χ4n) is 3.62. The number of furan rings is 1. The van der Waals surface area contributed by atoms with Crippen LogP contribution in [-0.4, -0.2) is 24.1 Å². The number of rotatable bonds is 5. The third-order valence-corrected chi connectivity index (χ3v) is 6.46. The van der Waals surface area contributed by atoms with Gasteiger partial charge in [-0.3, -0.25) is 10.1 Å². The number of nitrogens with one attached hydrogen (secondary N) is 2. The van der Waals surface area contributed by atoms with Gasteiger partial charge in [0, 0.05) is 24.7 Å². The predicted molar refractivity (Wildman–Crippen MR) is 140 cm³/mol. The van der Waals surface area contributed by atoms with Crippen LogP contribution in [0.2, 0.25) is 15.1 Å². The molecule has 4 rings (SSSR count). The van der Waals surface area contributed by atoms with Crippen molar-refractivity contribution in [3.63, 3.8) is 0 Å². The second-order valence-electron chi connectivity index (χ2n) is 7.41. The molecule has 33 heavy (non-hydrogen) atoms. The topological polar surface area (TPSA) is 57.5 Å². The average molecular weight is 521 g/mol. The summed E-state index contributed by atoms with van der Waals surface area (Å²) >= 11 is 24.1. The van der Waals surface area contributed by atoms with Gasteiger partial charge < -0.3 is 14.6 Å². The zero-order valence-corrected chi connectivity index (χ0v) is 20.5. The summed E-state index contributed by atoms with van der Waals surface area (Å²) in [6, 6.07) is 14.4. The Balaban J connectivity index is 1.39. The Labute approximate surface area is 212 Å². The van der Waals surface area contributed by atoms with E-state index < -0.39 is 5.91 Å². The highest BCUT2D eigenvalue weighted by atomic mass is 35.5. The van der Waals surface area contributed by atoms with Crippen LogP contribution in [0, 0.1) is 0 Å². The minimum atomic E-state index is -0.393. The molecule has 2 N–H and O–H groups in total. The van der Waals surface area contributed by atoms with Crippen LogP contribution < -0.4 is 15.5 Å². The molecule has 1 aromatic heterocycles. The normalized spacial score (nSPS) is 13.5. The summed E-state index contributed by atoms with van der Waals surface area (Å²) < 4.78 is 5.76. The number of halogens is 3. The van der Waals surface area contributed by atoms with Gasteiger partial charge >= 0.3 is 0 Å². The molecule has 2 heterocycles. The highest BCUT2D eigenvalue weighted by Gasteiger charge is 2.19. The summed E-state index contributed by atoms with van der Waals surface area (Å²) in [5.41, 5.74) is 2.33. The van der Waals surface area contributed by atoms with Crippen LogP contribution in [-0.2, 0) is 4.79 Å². The van der Waals surface area contributed by atoms with Gasteiger partial charge in [0.05, 0.1) is 26.4 Å². The summed E-state index contributed by atoms with van der Waals surface area (Å²) in [5, 5.41) is 7.40. The van der Waals surface area contributed by atoms with Crippen molar-refractivity contribution in [1.82, 2.24) is 5.32 Å². The number of nitrogens with zero attached hydrogens (tertiary/aromatic N) is 1. The molecule has 0 bridgehead atoms. The number of carbonyl (C=O) groups is 1. The second-order valence-corrected chi connectivity index (χ2v) is 9.01. The Hall–Kier alpha value is -2.51. The van der Waals surface area contributed by atoms with Crippen LogP contribution in [0.25, 0.3) is 17.4 Å². The van der Waals surface area contributed by atoms with E-state index in [9.17, 15) is 4.79 Å². The van der Waals surface area contributed by atoms with Gasteiger partial charge in [-0.2, -0.15) is 0 Å². The van der Waals surface area contributed by atoms with Gasteiger partial charge in [-0.1, -0.05) is 46.9 Å². The van der Waals surface area contributed by atoms with Crippen molar-refractivity contribution in [1.29, 1.82) is 0 Å². The van der Waals surface area contributed by atoms with Gasteiger partial charge in [0.2, 0.25) is 5.91 Å². The van der Waals surface area contributed by atoms with Gasteiger partial charge in [0.15, 0.2) is 5.11 Å². The number of hydrogen-bond acceptors (Lipinski definition) is 4. The van der Waals surface area contributed by atoms with Crippen LogP contribution in [0.1, 0.15) is 18.6 Å². The van der Waals surface area contributed by atoms with Gasteiger partial charge in [0.25, 0.3) is 0 Å². The lowest BCUT2D eigenvalue weighted by atomic mass is 10.2. The quantitative estimate of drug-likeness (QED) is 0.279. The van der Waals surface area contributed by atoms with Gasteiger partial charge in [-0.15, -0.1) is 0 Å². The molecule has 0 saturated carbocycles. The van der Waals surface area contributed by atoms with Gasteiger partial charge in [-0.25, -0.2) is 0 Å². The van der Waals surface area contributed by atoms with Crippen molar-refractivity contribution < 1.29 is 9.21 Å². The maximum absolute atomic E-state index is 12.4. The van der Waals surface area contributed by atoms with Crippen LogP contribution in [0.3, 0.4) is 0 Å². The van der Waals surface area contributed by atoms with Crippen LogP contribution in [0.4, 0.5) is 11.4 Å². The van der Waals surface area contributed by atoms with Gasteiger partial charge in [-0.05, 0) is 67.5 Å². The molecular formula is C24H20Cl3N3O2S. The van der Waals surface area contributed by atoms with E-state index in [0.29, 0.717) is 32.2 Å². The third-order valence-electron chi connectivity index (χ3n) is 5.14. The fraction of sp³-hybridized carbons (Fsp3) is 0.167. The SMILES string of the molecule is O=C(C=Cc1ccc(-c2cccc(Cl)c2Cl)o1)NC(=S)Nc1cccc(Cl)c1N1CCCC1. The zero-order valence-electron chi connectivity index (χ0n) is 17.4. The molecule has 5 nitrogen and oxygen atoms in total. The maximum Gasteiger partial charge on any atom is 0.250 e. The van der Waals surface area contributed by atoms with E-state index in [1.54, 1.807) is 30.3 Å². The Morgan fingerprint density at radius 3 is 2.52 bits per heavy atom. The van der Waals surface area contributed by atoms with Gasteiger partial charge in [0.1, 0.15) is 11.5 Å². The molecule has 1 fully saturated rings. The van der Waals surface area contributed by atoms with E-state index in [1.807, 2.05) is 24.3 Å². The molecule has 3 aromatic rings. The standard InChI is InChI=1S/C24H20Cl3N3O2S/c25-17-6-3-5-16(22(17)27)20-11-9-15(32-20)10-12-21(31)29-24(33)28-19-8-4-7-18(26)23(19)30-13-1-2-14-30/h3-12H,1-2,13-14H2,(H2,28,29,31,33). The minimum Gasteiger partial charge on any atom is -0.457 e. The Bertz CT molecular complexity index is 1220. The largest absolute Gasteiger partial charge is 0.457 e. The fourth-order valence-corrected chi connectivity index (χ4v) is 4.52. The molecule has 0 aliphatic carbocycles. The lowest BCUT2D eigenvalue weighted by Crippen LogP contribution is -2.33. The summed E-state index contributed by atoms with van der Waals surface area (Å²) in [4.78, 5) is 14.6. The van der Waals surface area contributed by atoms with Crippen molar-refractivity contribution in [3.05, 3.63) is 75.4 Å². The predicted octanol–water partition coefficient (Wildman–Crippen LogP) is 7.03. The van der Waals surface area contributed by atoms with Crippen LogP contribution in [0.5, 0.6) is 0 Å². The summed E-state index contributed by atoms with van der Waals surface area (Å²) in [7, 11) is 0. The number of carbonyl (C=O) groups excluding carboxylic acids is 1. The van der Waals surface area contributed by atoms with Crippen molar-refractivity contribution in [2.75, 3.05) is 23.3 Å².